The molecule has 0 bridgehead atoms. The number of carbonyl (C=O) groups excluding carboxylic acids is 1. The van der Waals surface area contributed by atoms with Crippen LogP contribution in [0.5, 0.6) is 5.75 Å². The smallest absolute Gasteiger partial charge is 0.205 e. The number of nitrogens with zero attached hydrogens (tertiary/aromatic N) is 3. The Labute approximate surface area is 238 Å². The molecule has 0 fully saturated rings. The standard InChI is InChI=1S/C33H39N3O2.ClH/c1-32(2,3)27-19-26(20-28(30(27)38)33(4,5)6)29(37)23-36-18-17-35(22-25-15-11-8-12-16-25)31(36)34-21-24-13-9-7-10-14-24;/h7-20,38H,21-23H2,1-6H3;1H/b34-31-;. The fourth-order valence-corrected chi connectivity index (χ4v) is 4.60. The summed E-state index contributed by atoms with van der Waals surface area (Å²) in [6.07, 6.45) is 3.92. The number of rotatable bonds is 7. The van der Waals surface area contributed by atoms with Gasteiger partial charge in [0.25, 0.3) is 0 Å². The molecule has 6 heteroatoms. The van der Waals surface area contributed by atoms with Crippen molar-refractivity contribution in [3.8, 4) is 5.75 Å². The van der Waals surface area contributed by atoms with Crippen molar-refractivity contribution in [2.75, 3.05) is 0 Å². The van der Waals surface area contributed by atoms with E-state index in [-0.39, 0.29) is 41.3 Å². The molecular formula is C33H40ClN3O2. The van der Waals surface area contributed by atoms with Crippen molar-refractivity contribution in [2.45, 2.75) is 72.0 Å². The van der Waals surface area contributed by atoms with Gasteiger partial charge in [-0.1, -0.05) is 102 Å². The minimum atomic E-state index is -0.303. The molecule has 0 saturated carbocycles. The Balaban J connectivity index is 0.00000420. The van der Waals surface area contributed by atoms with Crippen molar-refractivity contribution >= 4 is 18.2 Å². The third kappa shape index (κ3) is 7.30. The van der Waals surface area contributed by atoms with Crippen molar-refractivity contribution in [1.82, 2.24) is 9.13 Å². The van der Waals surface area contributed by atoms with Crippen LogP contribution in [0.1, 0.15) is 74.2 Å². The topological polar surface area (TPSA) is 59.5 Å². The van der Waals surface area contributed by atoms with Crippen molar-refractivity contribution in [1.29, 1.82) is 0 Å². The summed E-state index contributed by atoms with van der Waals surface area (Å²) in [4.78, 5) is 18.7. The van der Waals surface area contributed by atoms with E-state index in [9.17, 15) is 9.90 Å². The van der Waals surface area contributed by atoms with Crippen LogP contribution in [0.2, 0.25) is 0 Å². The molecule has 0 radical (unpaired) electrons. The number of Topliss-reactive ketones (excluding diaryl/α,β-unsaturated/α-hetero) is 1. The Kier molecular flexibility index (Phi) is 9.29. The molecule has 4 rings (SSSR count). The SMILES string of the molecule is CC(C)(C)c1cc(C(=O)Cn2ccn(Cc3ccccc3)/c2=N/Cc2ccccc2)cc(C(C)(C)C)c1O.Cl. The number of aromatic hydroxyl groups is 1. The minimum absolute atomic E-state index is 0. The molecule has 39 heavy (non-hydrogen) atoms. The second-order valence-electron chi connectivity index (χ2n) is 12.0. The Morgan fingerprint density at radius 3 is 1.77 bits per heavy atom. The molecular weight excluding hydrogens is 506 g/mol. The zero-order valence-electron chi connectivity index (χ0n) is 23.8. The molecule has 0 aliphatic heterocycles. The summed E-state index contributed by atoms with van der Waals surface area (Å²) < 4.78 is 4.01. The summed E-state index contributed by atoms with van der Waals surface area (Å²) in [5.41, 5.74) is 4.60. The highest BCUT2D eigenvalue weighted by molar-refractivity contribution is 5.96. The Bertz CT molecular complexity index is 1440. The van der Waals surface area contributed by atoms with Gasteiger partial charge in [0.15, 0.2) is 5.78 Å². The van der Waals surface area contributed by atoms with Crippen LogP contribution < -0.4 is 5.62 Å². The number of ketones is 1. The quantitative estimate of drug-likeness (QED) is 0.253. The van der Waals surface area contributed by atoms with Gasteiger partial charge in [-0.3, -0.25) is 4.79 Å². The molecule has 1 heterocycles. The van der Waals surface area contributed by atoms with E-state index in [0.717, 1.165) is 22.3 Å². The molecule has 0 aliphatic carbocycles. The van der Waals surface area contributed by atoms with E-state index in [4.69, 9.17) is 4.99 Å². The van der Waals surface area contributed by atoms with Crippen LogP contribution in [-0.4, -0.2) is 20.0 Å². The summed E-state index contributed by atoms with van der Waals surface area (Å²) in [6, 6.07) is 24.1. The zero-order valence-corrected chi connectivity index (χ0v) is 24.6. The maximum atomic E-state index is 13.7. The lowest BCUT2D eigenvalue weighted by molar-refractivity contribution is 0.0970. The fraction of sp³-hybridized carbons (Fsp3) is 0.333. The molecule has 206 valence electrons. The highest BCUT2D eigenvalue weighted by Gasteiger charge is 2.28. The predicted octanol–water partition coefficient (Wildman–Crippen LogP) is 7.04. The summed E-state index contributed by atoms with van der Waals surface area (Å²) in [6.45, 7) is 13.7. The average Bonchev–Trinajstić information content (AvgIpc) is 3.23. The van der Waals surface area contributed by atoms with Gasteiger partial charge in [-0.05, 0) is 34.1 Å². The Morgan fingerprint density at radius 2 is 1.26 bits per heavy atom. The Morgan fingerprint density at radius 1 is 0.769 bits per heavy atom. The van der Waals surface area contributed by atoms with Crippen molar-refractivity contribution in [3.05, 3.63) is 119 Å². The monoisotopic (exact) mass is 545 g/mol. The van der Waals surface area contributed by atoms with Gasteiger partial charge in [0, 0.05) is 29.1 Å². The van der Waals surface area contributed by atoms with Gasteiger partial charge in [-0.2, -0.15) is 0 Å². The van der Waals surface area contributed by atoms with E-state index in [2.05, 4.69) is 70.4 Å². The van der Waals surface area contributed by atoms with Gasteiger partial charge < -0.3 is 14.2 Å². The first-order chi connectivity index (χ1) is 17.9. The second-order valence-corrected chi connectivity index (χ2v) is 12.0. The van der Waals surface area contributed by atoms with Gasteiger partial charge >= 0.3 is 0 Å². The first-order valence-electron chi connectivity index (χ1n) is 13.2. The van der Waals surface area contributed by atoms with Crippen LogP contribution in [0.25, 0.3) is 0 Å². The van der Waals surface area contributed by atoms with Gasteiger partial charge in [-0.15, -0.1) is 12.4 Å². The molecule has 0 unspecified atom stereocenters. The van der Waals surface area contributed by atoms with Crippen molar-refractivity contribution in [2.24, 2.45) is 4.99 Å². The first-order valence-corrected chi connectivity index (χ1v) is 13.2. The molecule has 5 nitrogen and oxygen atoms in total. The Hall–Kier alpha value is -3.57. The molecule has 0 saturated heterocycles. The van der Waals surface area contributed by atoms with Gasteiger partial charge in [0.1, 0.15) is 5.75 Å². The average molecular weight is 546 g/mol. The highest BCUT2D eigenvalue weighted by Crippen LogP contribution is 2.39. The van der Waals surface area contributed by atoms with Crippen LogP contribution in [0, 0.1) is 0 Å². The first kappa shape index (κ1) is 30.0. The van der Waals surface area contributed by atoms with Gasteiger partial charge in [-0.25, -0.2) is 4.99 Å². The maximum absolute atomic E-state index is 13.7. The van der Waals surface area contributed by atoms with E-state index < -0.39 is 0 Å². The lowest BCUT2D eigenvalue weighted by Gasteiger charge is -2.28. The largest absolute Gasteiger partial charge is 0.507 e. The molecule has 0 atom stereocenters. The molecule has 1 aromatic heterocycles. The van der Waals surface area contributed by atoms with E-state index >= 15 is 0 Å². The molecule has 0 aliphatic rings. The third-order valence-corrected chi connectivity index (χ3v) is 6.74. The number of imidazole rings is 1. The van der Waals surface area contributed by atoms with Crippen LogP contribution in [0.15, 0.2) is 90.2 Å². The van der Waals surface area contributed by atoms with E-state index in [1.165, 1.54) is 5.56 Å². The van der Waals surface area contributed by atoms with E-state index in [1.807, 2.05) is 65.5 Å². The number of hydrogen-bond acceptors (Lipinski definition) is 3. The third-order valence-electron chi connectivity index (χ3n) is 6.74. The summed E-state index contributed by atoms with van der Waals surface area (Å²) in [5.74, 6) is 0.265. The summed E-state index contributed by atoms with van der Waals surface area (Å²) in [5, 5.41) is 11.1. The lowest BCUT2D eigenvalue weighted by Crippen LogP contribution is -2.29. The number of phenolic OH excluding ortho intramolecular Hbond substituents is 1. The summed E-state index contributed by atoms with van der Waals surface area (Å²) >= 11 is 0. The van der Waals surface area contributed by atoms with Crippen LogP contribution in [0.4, 0.5) is 0 Å². The number of aromatic nitrogens is 2. The number of halogens is 1. The molecule has 1 N–H and O–H groups in total. The number of carbonyl (C=O) groups is 1. The minimum Gasteiger partial charge on any atom is -0.507 e. The molecule has 0 amide bonds. The number of hydrogen-bond donors (Lipinski definition) is 1. The number of benzene rings is 3. The predicted molar refractivity (Wildman–Crippen MR) is 161 cm³/mol. The highest BCUT2D eigenvalue weighted by atomic mass is 35.5. The van der Waals surface area contributed by atoms with Crippen molar-refractivity contribution < 1.29 is 9.90 Å². The fourth-order valence-electron chi connectivity index (χ4n) is 4.60. The van der Waals surface area contributed by atoms with Gasteiger partial charge in [0.2, 0.25) is 5.62 Å². The second kappa shape index (κ2) is 12.1. The molecule has 4 aromatic rings. The molecule has 3 aromatic carbocycles. The van der Waals surface area contributed by atoms with Crippen LogP contribution in [0.3, 0.4) is 0 Å². The van der Waals surface area contributed by atoms with Crippen LogP contribution in [-0.2, 0) is 30.5 Å². The number of phenols is 1. The van der Waals surface area contributed by atoms with Gasteiger partial charge in [0.05, 0.1) is 19.6 Å². The van der Waals surface area contributed by atoms with E-state index in [1.54, 1.807) is 0 Å². The summed E-state index contributed by atoms with van der Waals surface area (Å²) in [7, 11) is 0. The van der Waals surface area contributed by atoms with Crippen LogP contribution >= 0.6 is 12.4 Å². The zero-order chi connectivity index (χ0) is 27.5. The maximum Gasteiger partial charge on any atom is 0.205 e. The van der Waals surface area contributed by atoms with Crippen molar-refractivity contribution in [3.63, 3.8) is 0 Å². The normalized spacial score (nSPS) is 12.3. The van der Waals surface area contributed by atoms with E-state index in [0.29, 0.717) is 18.7 Å². The molecule has 0 spiro atoms. The lowest BCUT2D eigenvalue weighted by atomic mass is 9.78.